The van der Waals surface area contributed by atoms with Gasteiger partial charge >= 0.3 is 0 Å². The average molecular weight is 375 g/mol. The Morgan fingerprint density at radius 2 is 1.71 bits per heavy atom. The summed E-state index contributed by atoms with van der Waals surface area (Å²) in [5.74, 6) is 1.26. The van der Waals surface area contributed by atoms with Gasteiger partial charge in [-0.15, -0.1) is 5.10 Å². The minimum atomic E-state index is -0.0159. The van der Waals surface area contributed by atoms with Crippen LogP contribution in [0.1, 0.15) is 32.1 Å². The number of rotatable bonds is 5. The van der Waals surface area contributed by atoms with Gasteiger partial charge in [-0.3, -0.25) is 4.79 Å². The van der Waals surface area contributed by atoms with Crippen molar-refractivity contribution in [3.8, 4) is 22.8 Å². The third-order valence-electron chi connectivity index (χ3n) is 5.14. The third kappa shape index (κ3) is 4.22. The summed E-state index contributed by atoms with van der Waals surface area (Å²) in [6.07, 6.45) is 5.75. The van der Waals surface area contributed by atoms with Gasteiger partial charge in [-0.2, -0.15) is 0 Å². The van der Waals surface area contributed by atoms with Gasteiger partial charge in [0.25, 0.3) is 0 Å². The van der Waals surface area contributed by atoms with E-state index in [0.29, 0.717) is 17.3 Å². The Balaban J connectivity index is 1.60. The second kappa shape index (κ2) is 8.25. The van der Waals surface area contributed by atoms with E-state index in [1.54, 1.807) is 4.68 Å². The third-order valence-corrected chi connectivity index (χ3v) is 5.14. The highest BCUT2D eigenvalue weighted by Crippen LogP contribution is 2.23. The number of nitrogens with zero attached hydrogens (tertiary/aromatic N) is 3. The average Bonchev–Trinajstić information content (AvgIpc) is 3.13. The van der Waals surface area contributed by atoms with Crippen LogP contribution in [0.4, 0.5) is 5.69 Å². The second-order valence-corrected chi connectivity index (χ2v) is 7.31. The zero-order chi connectivity index (χ0) is 19.3. The SMILES string of the molecule is Nc1ccc(-c2nc(-c3ccccc3)n(CC(=O)NC3CCCCC3)n2)cc1. The molecular formula is C22H25N5O. The second-order valence-electron chi connectivity index (χ2n) is 7.31. The molecular weight excluding hydrogens is 350 g/mol. The molecule has 2 aromatic carbocycles. The quantitative estimate of drug-likeness (QED) is 0.667. The lowest BCUT2D eigenvalue weighted by molar-refractivity contribution is -0.122. The van der Waals surface area contributed by atoms with Crippen molar-refractivity contribution in [2.24, 2.45) is 0 Å². The number of nitrogens with two attached hydrogens (primary N) is 1. The van der Waals surface area contributed by atoms with E-state index < -0.39 is 0 Å². The Bertz CT molecular complexity index is 927. The smallest absolute Gasteiger partial charge is 0.242 e. The van der Waals surface area contributed by atoms with Gasteiger partial charge in [0.15, 0.2) is 11.6 Å². The minimum absolute atomic E-state index is 0.0159. The highest BCUT2D eigenvalue weighted by Gasteiger charge is 2.19. The number of nitrogens with one attached hydrogen (secondary N) is 1. The summed E-state index contributed by atoms with van der Waals surface area (Å²) in [4.78, 5) is 17.3. The predicted octanol–water partition coefficient (Wildman–Crippen LogP) is 3.64. The summed E-state index contributed by atoms with van der Waals surface area (Å²) >= 11 is 0. The van der Waals surface area contributed by atoms with E-state index in [0.717, 1.165) is 24.0 Å². The Labute approximate surface area is 164 Å². The lowest BCUT2D eigenvalue weighted by Gasteiger charge is -2.22. The molecule has 0 atom stereocenters. The van der Waals surface area contributed by atoms with Crippen molar-refractivity contribution < 1.29 is 4.79 Å². The van der Waals surface area contributed by atoms with Gasteiger partial charge in [0.2, 0.25) is 5.91 Å². The number of anilines is 1. The predicted molar refractivity (Wildman–Crippen MR) is 110 cm³/mol. The van der Waals surface area contributed by atoms with Crippen LogP contribution in [0.15, 0.2) is 54.6 Å². The fraction of sp³-hybridized carbons (Fsp3) is 0.318. The molecule has 0 bridgehead atoms. The van der Waals surface area contributed by atoms with Gasteiger partial charge in [0.1, 0.15) is 6.54 Å². The van der Waals surface area contributed by atoms with Gasteiger partial charge in [-0.25, -0.2) is 9.67 Å². The van der Waals surface area contributed by atoms with Gasteiger partial charge in [-0.1, -0.05) is 49.6 Å². The molecule has 0 spiro atoms. The van der Waals surface area contributed by atoms with E-state index in [4.69, 9.17) is 10.7 Å². The highest BCUT2D eigenvalue weighted by atomic mass is 16.2. The highest BCUT2D eigenvalue weighted by molar-refractivity contribution is 5.77. The fourth-order valence-electron chi connectivity index (χ4n) is 3.66. The molecule has 1 aliphatic carbocycles. The van der Waals surface area contributed by atoms with Crippen LogP contribution in [0.5, 0.6) is 0 Å². The van der Waals surface area contributed by atoms with Crippen LogP contribution in [-0.2, 0) is 11.3 Å². The van der Waals surface area contributed by atoms with Gasteiger partial charge in [-0.05, 0) is 37.1 Å². The van der Waals surface area contributed by atoms with E-state index in [-0.39, 0.29) is 18.5 Å². The van der Waals surface area contributed by atoms with E-state index in [2.05, 4.69) is 10.4 Å². The fourth-order valence-corrected chi connectivity index (χ4v) is 3.66. The van der Waals surface area contributed by atoms with Crippen molar-refractivity contribution in [3.05, 3.63) is 54.6 Å². The van der Waals surface area contributed by atoms with Gasteiger partial charge in [0, 0.05) is 22.9 Å². The van der Waals surface area contributed by atoms with Crippen molar-refractivity contribution in [2.75, 3.05) is 5.73 Å². The number of hydrogen-bond acceptors (Lipinski definition) is 4. The monoisotopic (exact) mass is 375 g/mol. The van der Waals surface area contributed by atoms with Crippen LogP contribution in [0.2, 0.25) is 0 Å². The molecule has 144 valence electrons. The van der Waals surface area contributed by atoms with Gasteiger partial charge in [0.05, 0.1) is 0 Å². The number of benzene rings is 2. The number of carbonyl (C=O) groups excluding carboxylic acids is 1. The zero-order valence-electron chi connectivity index (χ0n) is 15.8. The summed E-state index contributed by atoms with van der Waals surface area (Å²) in [6.45, 7) is 0.155. The van der Waals surface area contributed by atoms with Gasteiger partial charge < -0.3 is 11.1 Å². The van der Waals surface area contributed by atoms with Crippen molar-refractivity contribution in [1.29, 1.82) is 0 Å². The van der Waals surface area contributed by atoms with Crippen LogP contribution >= 0.6 is 0 Å². The number of aromatic nitrogens is 3. The standard InChI is InChI=1S/C22H25N5O/c23-18-13-11-16(12-14-18)21-25-22(17-7-3-1-4-8-17)27(26-21)15-20(28)24-19-9-5-2-6-10-19/h1,3-4,7-8,11-14,19H,2,5-6,9-10,15,23H2,(H,24,28). The summed E-state index contributed by atoms with van der Waals surface area (Å²) in [5.41, 5.74) is 8.29. The molecule has 6 nitrogen and oxygen atoms in total. The Morgan fingerprint density at radius 3 is 2.43 bits per heavy atom. The van der Waals surface area contributed by atoms with E-state index in [9.17, 15) is 4.79 Å². The minimum Gasteiger partial charge on any atom is -0.399 e. The van der Waals surface area contributed by atoms with E-state index in [1.807, 2.05) is 54.6 Å². The maximum atomic E-state index is 12.6. The van der Waals surface area contributed by atoms with Crippen molar-refractivity contribution in [2.45, 2.75) is 44.7 Å². The van der Waals surface area contributed by atoms with Crippen LogP contribution in [0, 0.1) is 0 Å². The maximum absolute atomic E-state index is 12.6. The molecule has 28 heavy (non-hydrogen) atoms. The molecule has 1 aromatic heterocycles. The number of nitrogen functional groups attached to an aromatic ring is 1. The molecule has 1 aliphatic rings. The molecule has 1 saturated carbocycles. The van der Waals surface area contributed by atoms with Crippen molar-refractivity contribution >= 4 is 11.6 Å². The summed E-state index contributed by atoms with van der Waals surface area (Å²) in [5, 5.41) is 7.78. The molecule has 3 aromatic rings. The lowest BCUT2D eigenvalue weighted by atomic mass is 9.95. The van der Waals surface area contributed by atoms with Crippen LogP contribution in [-0.4, -0.2) is 26.7 Å². The van der Waals surface area contributed by atoms with E-state index >= 15 is 0 Å². The van der Waals surface area contributed by atoms with Crippen LogP contribution < -0.4 is 11.1 Å². The molecule has 0 radical (unpaired) electrons. The Hall–Kier alpha value is -3.15. The van der Waals surface area contributed by atoms with Crippen molar-refractivity contribution in [1.82, 2.24) is 20.1 Å². The van der Waals surface area contributed by atoms with Crippen molar-refractivity contribution in [3.63, 3.8) is 0 Å². The maximum Gasteiger partial charge on any atom is 0.242 e. The molecule has 0 aliphatic heterocycles. The van der Waals surface area contributed by atoms with Crippen LogP contribution in [0.3, 0.4) is 0 Å². The largest absolute Gasteiger partial charge is 0.399 e. The zero-order valence-corrected chi connectivity index (χ0v) is 15.8. The molecule has 1 fully saturated rings. The summed E-state index contributed by atoms with van der Waals surface area (Å²) in [7, 11) is 0. The first-order chi connectivity index (χ1) is 13.7. The molecule has 6 heteroatoms. The lowest BCUT2D eigenvalue weighted by Crippen LogP contribution is -2.38. The Kier molecular flexibility index (Phi) is 5.37. The van der Waals surface area contributed by atoms with E-state index in [1.165, 1.54) is 19.3 Å². The normalized spacial score (nSPS) is 14.7. The number of carbonyl (C=O) groups is 1. The molecule has 1 heterocycles. The molecule has 4 rings (SSSR count). The first-order valence-electron chi connectivity index (χ1n) is 9.84. The molecule has 3 N–H and O–H groups in total. The first-order valence-corrected chi connectivity index (χ1v) is 9.84. The number of amides is 1. The molecule has 0 unspecified atom stereocenters. The molecule has 0 saturated heterocycles. The number of hydrogen-bond donors (Lipinski definition) is 2. The Morgan fingerprint density at radius 1 is 1.00 bits per heavy atom. The molecule has 1 amide bonds. The summed E-state index contributed by atoms with van der Waals surface area (Å²) in [6, 6.07) is 17.6. The first kappa shape index (κ1) is 18.2. The summed E-state index contributed by atoms with van der Waals surface area (Å²) < 4.78 is 1.69. The van der Waals surface area contributed by atoms with Crippen LogP contribution in [0.25, 0.3) is 22.8 Å². The topological polar surface area (TPSA) is 85.8 Å².